The number of ether oxygens (including phenoxy) is 3. The van der Waals surface area contributed by atoms with Crippen molar-refractivity contribution in [2.45, 2.75) is 31.5 Å². The molecule has 1 saturated heterocycles. The molecule has 1 aliphatic rings. The van der Waals surface area contributed by atoms with Crippen molar-refractivity contribution < 1.29 is 38.7 Å². The fourth-order valence-corrected chi connectivity index (χ4v) is 3.33. The zero-order valence-corrected chi connectivity index (χ0v) is 18.4. The number of alkyl halides is 1. The van der Waals surface area contributed by atoms with E-state index in [2.05, 4.69) is 10.3 Å². The minimum Gasteiger partial charge on any atom is -0.502 e. The molecule has 1 aromatic heterocycles. The number of amides is 1. The maximum atomic E-state index is 14.6. The van der Waals surface area contributed by atoms with Crippen molar-refractivity contribution in [1.82, 2.24) is 9.55 Å². The quantitative estimate of drug-likeness (QED) is 0.301. The van der Waals surface area contributed by atoms with Gasteiger partial charge in [-0.25, -0.2) is 9.18 Å². The summed E-state index contributed by atoms with van der Waals surface area (Å²) in [4.78, 5) is 28.4. The van der Waals surface area contributed by atoms with E-state index in [-0.39, 0.29) is 27.4 Å². The Morgan fingerprint density at radius 2 is 2.03 bits per heavy atom. The topological polar surface area (TPSA) is 152 Å². The van der Waals surface area contributed by atoms with Gasteiger partial charge in [-0.05, 0) is 41.6 Å². The molecule has 13 heteroatoms. The summed E-state index contributed by atoms with van der Waals surface area (Å²) in [6.45, 7) is 1.49. The van der Waals surface area contributed by atoms with Gasteiger partial charge in [-0.15, -0.1) is 0 Å². The van der Waals surface area contributed by atoms with Crippen molar-refractivity contribution in [2.75, 3.05) is 17.0 Å². The Balaban J connectivity index is 1.88. The van der Waals surface area contributed by atoms with Crippen LogP contribution in [-0.4, -0.2) is 60.8 Å². The number of methoxy groups -OCH3 is 1. The highest BCUT2D eigenvalue weighted by Crippen LogP contribution is 2.37. The molecule has 1 fully saturated rings. The molecule has 2 heterocycles. The third-order valence-corrected chi connectivity index (χ3v) is 4.93. The number of hydrogen-bond acceptors (Lipinski definition) is 9. The van der Waals surface area contributed by atoms with Gasteiger partial charge in [0.1, 0.15) is 16.8 Å². The number of aliphatic hydroxyl groups is 2. The molecule has 1 amide bonds. The molecule has 2 aromatic rings. The van der Waals surface area contributed by atoms with Crippen LogP contribution >= 0.6 is 22.6 Å². The number of rotatable bonds is 6. The molecule has 11 nitrogen and oxygen atoms in total. The third-order valence-electron chi connectivity index (χ3n) is 4.62. The Kier molecular flexibility index (Phi) is 6.98. The number of hydrogen-bond donors (Lipinski definition) is 4. The summed E-state index contributed by atoms with van der Waals surface area (Å²) in [7, 11) is 1.28. The summed E-state index contributed by atoms with van der Waals surface area (Å²) in [5.41, 5.74) is -1.06. The van der Waals surface area contributed by atoms with Gasteiger partial charge in [-0.1, -0.05) is 0 Å². The van der Waals surface area contributed by atoms with Gasteiger partial charge in [-0.2, -0.15) is 4.98 Å². The lowest BCUT2D eigenvalue weighted by Gasteiger charge is -2.18. The highest BCUT2D eigenvalue weighted by Gasteiger charge is 2.42. The van der Waals surface area contributed by atoms with Crippen molar-refractivity contribution in [3.05, 3.63) is 40.2 Å². The zero-order chi connectivity index (χ0) is 22.9. The second-order valence-electron chi connectivity index (χ2n) is 6.57. The van der Waals surface area contributed by atoms with Crippen LogP contribution in [0.1, 0.15) is 23.5 Å². The van der Waals surface area contributed by atoms with Crippen LogP contribution in [0.2, 0.25) is 0 Å². The molecule has 3 rings (SSSR count). The molecule has 0 radical (unpaired) electrons. The van der Waals surface area contributed by atoms with Crippen LogP contribution in [0.15, 0.2) is 23.1 Å². The van der Waals surface area contributed by atoms with Crippen molar-refractivity contribution in [3.8, 4) is 17.2 Å². The van der Waals surface area contributed by atoms with E-state index >= 15 is 0 Å². The van der Waals surface area contributed by atoms with Gasteiger partial charge in [0.25, 0.3) is 5.91 Å². The molecular formula is C18H19FIN3O8. The molecule has 4 atom stereocenters. The summed E-state index contributed by atoms with van der Waals surface area (Å²) in [6.07, 6.45) is -4.12. The van der Waals surface area contributed by atoms with Gasteiger partial charge < -0.3 is 34.8 Å². The molecule has 1 aliphatic heterocycles. The third kappa shape index (κ3) is 4.58. The largest absolute Gasteiger partial charge is 0.502 e. The van der Waals surface area contributed by atoms with Gasteiger partial charge in [0.05, 0.1) is 19.4 Å². The van der Waals surface area contributed by atoms with Crippen molar-refractivity contribution in [1.29, 1.82) is 0 Å². The fourth-order valence-electron chi connectivity index (χ4n) is 2.99. The predicted octanol–water partition coefficient (Wildman–Crippen LogP) is 0.759. The van der Waals surface area contributed by atoms with Gasteiger partial charge in [0.15, 0.2) is 29.4 Å². The second-order valence-corrected chi connectivity index (χ2v) is 7.20. The number of phenolic OH excluding ortho intramolecular Hbond substituents is 1. The van der Waals surface area contributed by atoms with E-state index in [1.807, 2.05) is 22.6 Å². The number of anilines is 1. The van der Waals surface area contributed by atoms with Crippen LogP contribution in [-0.2, 0) is 4.74 Å². The lowest BCUT2D eigenvalue weighted by atomic mass is 10.1. The standard InChI is InChI=1S/C18H19FIN3O8/c1-7-12(24)14(26)17(31-7)23-5-9(19)15(22-18(23)28)21-16(27)8-3-10(29-2)13(25)11(4-8)30-6-20/h3-5,7,12,14,17,24-26H,6H2,1-2H3,(H,21,22,27,28)/t7-,12-,14-,17-/m1/s1. The van der Waals surface area contributed by atoms with Crippen LogP contribution in [0.3, 0.4) is 0 Å². The molecule has 4 N–H and O–H groups in total. The molecule has 0 unspecified atom stereocenters. The molecule has 0 spiro atoms. The van der Waals surface area contributed by atoms with Crippen LogP contribution in [0.5, 0.6) is 17.2 Å². The van der Waals surface area contributed by atoms with Gasteiger partial charge in [0, 0.05) is 5.56 Å². The number of carbonyl (C=O) groups is 1. The monoisotopic (exact) mass is 551 g/mol. The van der Waals surface area contributed by atoms with Crippen molar-refractivity contribution >= 4 is 34.3 Å². The molecule has 0 aliphatic carbocycles. The molecule has 0 saturated carbocycles. The fraction of sp³-hybridized carbons (Fsp3) is 0.389. The zero-order valence-electron chi connectivity index (χ0n) is 16.3. The SMILES string of the molecule is COc1cc(C(=O)Nc2nc(=O)n([C@@H]3O[C@H](C)[C@@H](O)[C@H]3O)cc2F)cc(OCI)c1O. The molecule has 31 heavy (non-hydrogen) atoms. The summed E-state index contributed by atoms with van der Waals surface area (Å²) >= 11 is 1.89. The van der Waals surface area contributed by atoms with Crippen LogP contribution in [0, 0.1) is 5.82 Å². The van der Waals surface area contributed by atoms with Crippen molar-refractivity contribution in [3.63, 3.8) is 0 Å². The first-order valence-corrected chi connectivity index (χ1v) is 10.4. The van der Waals surface area contributed by atoms with Crippen LogP contribution in [0.25, 0.3) is 0 Å². The van der Waals surface area contributed by atoms with E-state index in [1.54, 1.807) is 0 Å². The summed E-state index contributed by atoms with van der Waals surface area (Å²) in [5, 5.41) is 32.0. The Morgan fingerprint density at radius 3 is 2.61 bits per heavy atom. The minimum absolute atomic E-state index is 0.0252. The number of aromatic hydroxyl groups is 1. The average molecular weight is 551 g/mol. The number of benzene rings is 1. The number of nitrogens with one attached hydrogen (secondary N) is 1. The van der Waals surface area contributed by atoms with E-state index in [0.717, 1.165) is 0 Å². The maximum Gasteiger partial charge on any atom is 0.351 e. The number of phenols is 1. The van der Waals surface area contributed by atoms with Gasteiger partial charge >= 0.3 is 5.69 Å². The molecule has 1 aromatic carbocycles. The Hall–Kier alpha value is -2.49. The highest BCUT2D eigenvalue weighted by molar-refractivity contribution is 14.1. The lowest BCUT2D eigenvalue weighted by Crippen LogP contribution is -2.36. The smallest absolute Gasteiger partial charge is 0.351 e. The van der Waals surface area contributed by atoms with E-state index in [1.165, 1.54) is 26.2 Å². The number of aromatic nitrogens is 2. The minimum atomic E-state index is -1.46. The number of halogens is 2. The van der Waals surface area contributed by atoms with Crippen molar-refractivity contribution in [2.24, 2.45) is 0 Å². The maximum absolute atomic E-state index is 14.6. The normalized spacial score (nSPS) is 22.9. The van der Waals surface area contributed by atoms with E-state index in [4.69, 9.17) is 14.2 Å². The molecular weight excluding hydrogens is 532 g/mol. The summed E-state index contributed by atoms with van der Waals surface area (Å²) < 4.78 is 31.0. The van der Waals surface area contributed by atoms with Gasteiger partial charge in [-0.3, -0.25) is 9.36 Å². The number of nitrogens with zero attached hydrogens (tertiary/aromatic N) is 2. The van der Waals surface area contributed by atoms with Crippen LogP contribution < -0.4 is 20.5 Å². The predicted molar refractivity (Wildman–Crippen MR) is 112 cm³/mol. The highest BCUT2D eigenvalue weighted by atomic mass is 127. The average Bonchev–Trinajstić information content (AvgIpc) is 2.99. The first-order chi connectivity index (χ1) is 14.7. The van der Waals surface area contributed by atoms with E-state index in [0.29, 0.717) is 10.8 Å². The second kappa shape index (κ2) is 9.33. The summed E-state index contributed by atoms with van der Waals surface area (Å²) in [5.74, 6) is -2.96. The molecule has 0 bridgehead atoms. The van der Waals surface area contributed by atoms with Gasteiger partial charge in [0.2, 0.25) is 5.75 Å². The first kappa shape index (κ1) is 23.2. The molecule has 168 valence electrons. The first-order valence-electron chi connectivity index (χ1n) is 8.89. The van der Waals surface area contributed by atoms with E-state index in [9.17, 15) is 29.3 Å². The van der Waals surface area contributed by atoms with E-state index < -0.39 is 47.8 Å². The lowest BCUT2D eigenvalue weighted by molar-refractivity contribution is -0.0355. The Bertz CT molecular complexity index is 1050. The Morgan fingerprint density at radius 1 is 1.35 bits per heavy atom. The number of carbonyl (C=O) groups excluding carboxylic acids is 1. The number of aliphatic hydroxyl groups excluding tert-OH is 2. The van der Waals surface area contributed by atoms with Crippen LogP contribution in [0.4, 0.5) is 10.2 Å². The summed E-state index contributed by atoms with van der Waals surface area (Å²) in [6, 6.07) is 2.42. The Labute approximate surface area is 188 Å².